The Hall–Kier alpha value is -2.38. The molecule has 7 heterocycles. The maximum atomic E-state index is 13.1. The summed E-state index contributed by atoms with van der Waals surface area (Å²) in [6.45, 7) is -2.94. The second kappa shape index (κ2) is 29.3. The van der Waals surface area contributed by atoms with Crippen LogP contribution in [0, 0.1) is 0 Å². The summed E-state index contributed by atoms with van der Waals surface area (Å²) in [5.74, 6) is -1.75. The van der Waals surface area contributed by atoms with E-state index in [0.29, 0.717) is 0 Å². The van der Waals surface area contributed by atoms with E-state index in [1.807, 2.05) is 0 Å². The fraction of sp³-hybridized carbons (Fsp3) is 0.957. The van der Waals surface area contributed by atoms with Gasteiger partial charge in [-0.15, -0.1) is 0 Å². The lowest BCUT2D eigenvalue weighted by atomic mass is 9.93. The highest BCUT2D eigenvalue weighted by Gasteiger charge is 2.60. The molecule has 0 bridgehead atoms. The van der Waals surface area contributed by atoms with Crippen molar-refractivity contribution in [3.8, 4) is 0 Å². The molecule has 0 spiro atoms. The van der Waals surface area contributed by atoms with E-state index < -0.39 is 266 Å². The van der Waals surface area contributed by atoms with E-state index in [2.05, 4.69) is 10.6 Å². The SMILES string of the molecule is CC(=O)N[C@H]1[C@@H](O[C@H]2[C@@H](O)[C@@H](CO)O[C@@H](O[C@H]3[C@@H](O)[C@@H](CO)O[C@@H](O[C@H]4[C@@H](O)[C@@H](CO)O[C@H](O[C@@H]5[C@H](O)[C@@H](O)[C@H](O[C@H]6[C@H](O)[C@@H](O)[C@H](O)O[C@@H]6CO)O[C@@H]5CO)[C@@H]4O)[C@@H]3NC(C)=O)[C@@H]2O[C@@H]2O[C@@H](C)[C@@H](O)[C@@H](O)[C@@H]2O)O[C@H](CO)[C@H](O)[C@@H]1O. The van der Waals surface area contributed by atoms with Crippen LogP contribution in [0.4, 0.5) is 0 Å². The molecule has 0 unspecified atom stereocenters. The topological polar surface area (TPSA) is 583 Å². The highest BCUT2D eigenvalue weighted by atomic mass is 16.8. The van der Waals surface area contributed by atoms with Crippen molar-refractivity contribution in [2.24, 2.45) is 0 Å². The van der Waals surface area contributed by atoms with Crippen molar-refractivity contribution in [2.45, 2.75) is 236 Å². The number of nitrogens with one attached hydrogen (secondary N) is 2. The van der Waals surface area contributed by atoms with Crippen molar-refractivity contribution >= 4 is 11.8 Å². The van der Waals surface area contributed by atoms with Gasteiger partial charge in [0.2, 0.25) is 11.8 Å². The zero-order valence-electron chi connectivity index (χ0n) is 44.5. The van der Waals surface area contributed by atoms with E-state index in [9.17, 15) is 112 Å². The van der Waals surface area contributed by atoms with Gasteiger partial charge in [0.25, 0.3) is 0 Å². The quantitative estimate of drug-likeness (QED) is 0.0538. The first-order valence-corrected chi connectivity index (χ1v) is 26.5. The molecule has 22 N–H and O–H groups in total. The molecule has 0 aromatic rings. The first kappa shape index (κ1) is 68.1. The third-order valence-corrected chi connectivity index (χ3v) is 15.3. The molecule has 35 atom stereocenters. The van der Waals surface area contributed by atoms with Gasteiger partial charge < -0.3 is 174 Å². The molecular weight excluding hydrogens is 1140 g/mol. The summed E-state index contributed by atoms with van der Waals surface area (Å²) in [6.07, 6.45) is -64.6. The first-order chi connectivity index (χ1) is 39.2. The number of amides is 2. The van der Waals surface area contributed by atoms with Crippen molar-refractivity contribution in [3.05, 3.63) is 0 Å². The van der Waals surface area contributed by atoms with Crippen molar-refractivity contribution in [2.75, 3.05) is 39.6 Å². The number of hydrogen-bond donors (Lipinski definition) is 22. The summed E-state index contributed by atoms with van der Waals surface area (Å²) in [7, 11) is 0. The molecule has 7 fully saturated rings. The fourth-order valence-corrected chi connectivity index (χ4v) is 10.7. The number of rotatable bonds is 20. The number of aliphatic hydroxyl groups excluding tert-OH is 20. The normalized spacial score (nSPS) is 50.8. The molecule has 83 heavy (non-hydrogen) atoms. The Morgan fingerprint density at radius 2 is 0.675 bits per heavy atom. The highest BCUT2D eigenvalue weighted by molar-refractivity contribution is 5.73. The molecule has 7 saturated heterocycles. The van der Waals surface area contributed by atoms with Crippen LogP contribution in [0.1, 0.15) is 20.8 Å². The van der Waals surface area contributed by atoms with Crippen LogP contribution in [-0.2, 0) is 71.2 Å². The van der Waals surface area contributed by atoms with E-state index in [0.717, 1.165) is 13.8 Å². The Bertz CT molecular complexity index is 2040. The third kappa shape index (κ3) is 14.5. The smallest absolute Gasteiger partial charge is 0.217 e. The van der Waals surface area contributed by atoms with E-state index in [-0.39, 0.29) is 0 Å². The molecule has 0 aliphatic carbocycles. The van der Waals surface area contributed by atoms with E-state index in [1.165, 1.54) is 6.92 Å². The number of carbonyl (C=O) groups is 2. The van der Waals surface area contributed by atoms with Crippen LogP contribution in [-0.4, -0.2) is 368 Å². The van der Waals surface area contributed by atoms with Crippen LogP contribution in [0.15, 0.2) is 0 Å². The lowest BCUT2D eigenvalue weighted by molar-refractivity contribution is -0.401. The van der Waals surface area contributed by atoms with Gasteiger partial charge in [-0.2, -0.15) is 0 Å². The second-order valence-electron chi connectivity index (χ2n) is 21.0. The molecule has 0 radical (unpaired) electrons. The summed E-state index contributed by atoms with van der Waals surface area (Å²) in [4.78, 5) is 25.5. The second-order valence-corrected chi connectivity index (χ2v) is 21.0. The minimum atomic E-state index is -2.30. The molecule has 2 amide bonds. The van der Waals surface area contributed by atoms with Crippen molar-refractivity contribution in [1.82, 2.24) is 10.6 Å². The average Bonchev–Trinajstić information content (AvgIpc) is 3.66. The number of aliphatic hydroxyl groups is 20. The molecule has 37 nitrogen and oxygen atoms in total. The predicted molar refractivity (Wildman–Crippen MR) is 254 cm³/mol. The standard InChI is InChI=1S/C46H78N2O35/c1-10-21(57)27(63)31(67)43(71-10)83-39-38(82-41-19(47-11(2)55)26(62)22(58)13(4-49)73-41)25(61)16(7-52)76-46(39)80-36-20(48-12(3)56)42(74-14(5-50)23(36)59)81-37-24(60)15(6-51)75-45(33(37)69)79-35-18(9-54)77-44(32(68)29(35)65)78-34-17(8-53)72-40(70)30(66)28(34)64/h10,13-46,49-54,57-70H,4-9H2,1-3H3,(H,47,55)(H,48,56)/t10-,13+,14+,15+,16+,17+,18+,19+,20+,21+,22-,23-,24-,25-,26+,27+,28+,29+,30+,31-,32+,33+,34+,35-,36+,37-,38-,39+,40+,41+,42-,43-,44-,45+,46-/m0/s1. The zero-order valence-corrected chi connectivity index (χ0v) is 44.5. The largest absolute Gasteiger partial charge is 0.394 e. The maximum absolute atomic E-state index is 13.1. The van der Waals surface area contributed by atoms with Crippen LogP contribution in [0.3, 0.4) is 0 Å². The Kier molecular flexibility index (Phi) is 24.0. The van der Waals surface area contributed by atoms with Crippen LogP contribution >= 0.6 is 0 Å². The van der Waals surface area contributed by atoms with Crippen LogP contribution in [0.2, 0.25) is 0 Å². The molecule has 0 saturated carbocycles. The monoisotopic (exact) mass is 1220 g/mol. The van der Waals surface area contributed by atoms with Gasteiger partial charge >= 0.3 is 0 Å². The third-order valence-electron chi connectivity index (χ3n) is 15.3. The Balaban J connectivity index is 1.19. The lowest BCUT2D eigenvalue weighted by Gasteiger charge is -2.52. The summed E-state index contributed by atoms with van der Waals surface area (Å²) in [5.41, 5.74) is 0. The van der Waals surface area contributed by atoms with Gasteiger partial charge in [-0.05, 0) is 6.92 Å². The molecule has 7 rings (SSSR count). The summed E-state index contributed by atoms with van der Waals surface area (Å²) < 4.78 is 75.7. The van der Waals surface area contributed by atoms with Gasteiger partial charge in [-0.25, -0.2) is 0 Å². The Morgan fingerprint density at radius 1 is 0.313 bits per heavy atom. The summed E-state index contributed by atoms with van der Waals surface area (Å²) in [6, 6.07) is -3.63. The van der Waals surface area contributed by atoms with Crippen LogP contribution in [0.25, 0.3) is 0 Å². The predicted octanol–water partition coefficient (Wildman–Crippen LogP) is -15.0. The molecule has 0 aromatic heterocycles. The molecule has 7 aliphatic heterocycles. The molecular formula is C46H78N2O35. The molecule has 482 valence electrons. The van der Waals surface area contributed by atoms with Crippen molar-refractivity contribution < 1.29 is 173 Å². The molecule has 7 aliphatic rings. The Morgan fingerprint density at radius 3 is 1.22 bits per heavy atom. The van der Waals surface area contributed by atoms with Gasteiger partial charge in [-0.1, -0.05) is 0 Å². The number of ether oxygens (including phenoxy) is 13. The summed E-state index contributed by atoms with van der Waals surface area (Å²) in [5, 5.41) is 221. The van der Waals surface area contributed by atoms with Crippen LogP contribution in [0.5, 0.6) is 0 Å². The number of hydrogen-bond acceptors (Lipinski definition) is 35. The maximum Gasteiger partial charge on any atom is 0.217 e. The van der Waals surface area contributed by atoms with Crippen molar-refractivity contribution in [1.29, 1.82) is 0 Å². The van der Waals surface area contributed by atoms with Crippen molar-refractivity contribution in [3.63, 3.8) is 0 Å². The lowest BCUT2D eigenvalue weighted by Crippen LogP contribution is -2.71. The summed E-state index contributed by atoms with van der Waals surface area (Å²) >= 11 is 0. The molecule has 37 heteroatoms. The van der Waals surface area contributed by atoms with Gasteiger partial charge in [0.15, 0.2) is 44.0 Å². The minimum Gasteiger partial charge on any atom is -0.394 e. The van der Waals surface area contributed by atoms with E-state index >= 15 is 0 Å². The van der Waals surface area contributed by atoms with Gasteiger partial charge in [0.1, 0.15) is 165 Å². The van der Waals surface area contributed by atoms with E-state index in [4.69, 9.17) is 61.6 Å². The van der Waals surface area contributed by atoms with Gasteiger partial charge in [-0.3, -0.25) is 9.59 Å². The molecule has 0 aromatic carbocycles. The van der Waals surface area contributed by atoms with Gasteiger partial charge in [0, 0.05) is 13.8 Å². The zero-order chi connectivity index (χ0) is 61.2. The van der Waals surface area contributed by atoms with Crippen LogP contribution < -0.4 is 10.6 Å². The highest BCUT2D eigenvalue weighted by Crippen LogP contribution is 2.39. The first-order valence-electron chi connectivity index (χ1n) is 26.5. The van der Waals surface area contributed by atoms with E-state index in [1.54, 1.807) is 0 Å². The average molecular weight is 1220 g/mol. The fourth-order valence-electron chi connectivity index (χ4n) is 10.7. The van der Waals surface area contributed by atoms with Gasteiger partial charge in [0.05, 0.1) is 45.7 Å². The number of carbonyl (C=O) groups excluding carboxylic acids is 2. The Labute approximate surface area is 470 Å². The minimum absolute atomic E-state index is 0.814.